The van der Waals surface area contributed by atoms with Crippen LogP contribution in [0.1, 0.15) is 43.7 Å². The molecule has 112 valence electrons. The third-order valence-corrected chi connectivity index (χ3v) is 3.67. The Morgan fingerprint density at radius 1 is 1.43 bits per heavy atom. The molecule has 0 bridgehead atoms. The summed E-state index contributed by atoms with van der Waals surface area (Å²) in [7, 11) is 0. The maximum Gasteiger partial charge on any atom is 0.248 e. The summed E-state index contributed by atoms with van der Waals surface area (Å²) in [4.78, 5) is 19.1. The van der Waals surface area contributed by atoms with E-state index in [2.05, 4.69) is 28.9 Å². The van der Waals surface area contributed by atoms with Crippen molar-refractivity contribution in [1.29, 1.82) is 0 Å². The average Bonchev–Trinajstić information content (AvgIpc) is 3.06. The van der Waals surface area contributed by atoms with E-state index in [-0.39, 0.29) is 17.5 Å². The van der Waals surface area contributed by atoms with Crippen LogP contribution in [0.5, 0.6) is 0 Å². The number of nitrogens with zero attached hydrogens (tertiary/aromatic N) is 3. The van der Waals surface area contributed by atoms with Gasteiger partial charge in [0.2, 0.25) is 5.56 Å². The lowest BCUT2D eigenvalue weighted by Crippen LogP contribution is -2.10. The maximum absolute atomic E-state index is 11.7. The second-order valence-electron chi connectivity index (χ2n) is 5.81. The lowest BCUT2D eigenvalue weighted by Gasteiger charge is -2.09. The molecule has 6 heteroatoms. The molecule has 1 aliphatic rings. The minimum atomic E-state index is -0.117. The topological polar surface area (TPSA) is 72.8 Å². The van der Waals surface area contributed by atoms with Gasteiger partial charge in [0.15, 0.2) is 11.6 Å². The molecule has 1 aliphatic heterocycles. The number of aromatic amines is 1. The van der Waals surface area contributed by atoms with Gasteiger partial charge in [0.25, 0.3) is 0 Å². The van der Waals surface area contributed by atoms with Crippen LogP contribution in [-0.4, -0.2) is 33.0 Å². The zero-order valence-electron chi connectivity index (χ0n) is 12.6. The molecule has 0 saturated carbocycles. The van der Waals surface area contributed by atoms with Gasteiger partial charge in [0, 0.05) is 35.9 Å². The number of aryl methyl sites for hydroxylation is 1. The van der Waals surface area contributed by atoms with Gasteiger partial charge in [0.1, 0.15) is 0 Å². The lowest BCUT2D eigenvalue weighted by atomic mass is 10.1. The van der Waals surface area contributed by atoms with E-state index in [1.54, 1.807) is 6.07 Å². The number of H-pyrrole nitrogens is 1. The predicted octanol–water partition coefficient (Wildman–Crippen LogP) is 2.03. The minimum Gasteiger partial charge on any atom is -0.381 e. The Labute approximate surface area is 123 Å². The van der Waals surface area contributed by atoms with Crippen molar-refractivity contribution < 1.29 is 4.74 Å². The highest BCUT2D eigenvalue weighted by atomic mass is 16.5. The van der Waals surface area contributed by atoms with Crippen LogP contribution in [0.4, 0.5) is 0 Å². The van der Waals surface area contributed by atoms with Crippen LogP contribution >= 0.6 is 0 Å². The van der Waals surface area contributed by atoms with E-state index in [9.17, 15) is 4.79 Å². The van der Waals surface area contributed by atoms with Crippen molar-refractivity contribution in [2.45, 2.75) is 39.2 Å². The summed E-state index contributed by atoms with van der Waals surface area (Å²) in [5.74, 6) is 1.82. The number of nitrogens with one attached hydrogen (secondary N) is 1. The van der Waals surface area contributed by atoms with Crippen molar-refractivity contribution in [3.63, 3.8) is 0 Å². The molecule has 3 heterocycles. The molecule has 1 N–H and O–H groups in total. The Kier molecular flexibility index (Phi) is 3.63. The first-order chi connectivity index (χ1) is 10.0. The molecular formula is C15H20N4O2. The molecule has 2 aromatic heterocycles. The number of pyridine rings is 1. The highest BCUT2D eigenvalue weighted by Crippen LogP contribution is 2.27. The first-order valence-electron chi connectivity index (χ1n) is 7.30. The number of rotatable bonds is 3. The normalized spacial score (nSPS) is 18.6. The fourth-order valence-corrected chi connectivity index (χ4v) is 2.62. The number of ether oxygens (including phenoxy) is 1. The van der Waals surface area contributed by atoms with E-state index in [1.165, 1.54) is 0 Å². The summed E-state index contributed by atoms with van der Waals surface area (Å²) in [6.45, 7) is 7.43. The van der Waals surface area contributed by atoms with E-state index < -0.39 is 0 Å². The van der Waals surface area contributed by atoms with E-state index >= 15 is 0 Å². The first-order valence-corrected chi connectivity index (χ1v) is 7.30. The number of aromatic nitrogens is 4. The molecule has 6 nitrogen and oxygen atoms in total. The van der Waals surface area contributed by atoms with Gasteiger partial charge in [-0.3, -0.25) is 4.79 Å². The Balaban J connectivity index is 2.09. The quantitative estimate of drug-likeness (QED) is 0.938. The van der Waals surface area contributed by atoms with Gasteiger partial charge in [0.05, 0.1) is 6.61 Å². The van der Waals surface area contributed by atoms with Crippen LogP contribution in [0.3, 0.4) is 0 Å². The number of hydrogen-bond donors (Lipinski definition) is 1. The van der Waals surface area contributed by atoms with E-state index in [4.69, 9.17) is 4.74 Å². The molecule has 0 aliphatic carbocycles. The van der Waals surface area contributed by atoms with E-state index in [0.29, 0.717) is 6.61 Å². The van der Waals surface area contributed by atoms with Crippen molar-refractivity contribution in [3.8, 4) is 11.4 Å². The monoisotopic (exact) mass is 288 g/mol. The highest BCUT2D eigenvalue weighted by molar-refractivity contribution is 5.55. The molecule has 2 aromatic rings. The Hall–Kier alpha value is -1.95. The van der Waals surface area contributed by atoms with Gasteiger partial charge in [-0.15, -0.1) is 0 Å². The summed E-state index contributed by atoms with van der Waals surface area (Å²) < 4.78 is 7.31. The van der Waals surface area contributed by atoms with Crippen LogP contribution < -0.4 is 5.56 Å². The van der Waals surface area contributed by atoms with Gasteiger partial charge in [-0.05, 0) is 33.3 Å². The van der Waals surface area contributed by atoms with Crippen LogP contribution in [0, 0.1) is 6.92 Å². The van der Waals surface area contributed by atoms with Crippen LogP contribution in [0.25, 0.3) is 11.4 Å². The smallest absolute Gasteiger partial charge is 0.248 e. The zero-order valence-corrected chi connectivity index (χ0v) is 12.6. The Morgan fingerprint density at radius 2 is 2.24 bits per heavy atom. The molecular weight excluding hydrogens is 268 g/mol. The average molecular weight is 288 g/mol. The van der Waals surface area contributed by atoms with Crippen LogP contribution in [-0.2, 0) is 4.74 Å². The van der Waals surface area contributed by atoms with Crippen molar-refractivity contribution >= 4 is 0 Å². The molecule has 0 spiro atoms. The van der Waals surface area contributed by atoms with Crippen molar-refractivity contribution in [1.82, 2.24) is 19.7 Å². The van der Waals surface area contributed by atoms with Crippen molar-refractivity contribution in [3.05, 3.63) is 34.0 Å². The van der Waals surface area contributed by atoms with Crippen LogP contribution in [0.15, 0.2) is 16.9 Å². The summed E-state index contributed by atoms with van der Waals surface area (Å²) in [6, 6.07) is 3.69. The SMILES string of the molecule is Cc1cc(-c2nc(C3CCOC3)nn2C(C)C)cc(=O)[nH]1. The lowest BCUT2D eigenvalue weighted by molar-refractivity contribution is 0.193. The second kappa shape index (κ2) is 5.44. The molecule has 0 amide bonds. The molecule has 0 radical (unpaired) electrons. The fourth-order valence-electron chi connectivity index (χ4n) is 2.62. The third-order valence-electron chi connectivity index (χ3n) is 3.67. The largest absolute Gasteiger partial charge is 0.381 e. The maximum atomic E-state index is 11.7. The van der Waals surface area contributed by atoms with Gasteiger partial charge >= 0.3 is 0 Å². The molecule has 1 unspecified atom stereocenters. The molecule has 3 rings (SSSR count). The highest BCUT2D eigenvalue weighted by Gasteiger charge is 2.24. The van der Waals surface area contributed by atoms with E-state index in [1.807, 2.05) is 17.7 Å². The summed E-state index contributed by atoms with van der Waals surface area (Å²) >= 11 is 0. The molecule has 0 aromatic carbocycles. The fraction of sp³-hybridized carbons (Fsp3) is 0.533. The van der Waals surface area contributed by atoms with Gasteiger partial charge in [-0.2, -0.15) is 5.10 Å². The number of hydrogen-bond acceptors (Lipinski definition) is 4. The summed E-state index contributed by atoms with van der Waals surface area (Å²) in [5, 5.41) is 4.64. The minimum absolute atomic E-state index is 0.117. The van der Waals surface area contributed by atoms with Crippen molar-refractivity contribution in [2.24, 2.45) is 0 Å². The first kappa shape index (κ1) is 14.0. The van der Waals surface area contributed by atoms with E-state index in [0.717, 1.165) is 35.9 Å². The van der Waals surface area contributed by atoms with Gasteiger partial charge in [-0.1, -0.05) is 0 Å². The predicted molar refractivity (Wildman–Crippen MR) is 79.4 cm³/mol. The standard InChI is InChI=1S/C15H20N4O2/c1-9(2)19-15(12-6-10(3)16-13(20)7-12)17-14(18-19)11-4-5-21-8-11/h6-7,9,11H,4-5,8H2,1-3H3,(H,16,20). The Bertz CT molecular complexity index is 696. The molecule has 1 fully saturated rings. The summed E-state index contributed by atoms with van der Waals surface area (Å²) in [6.07, 6.45) is 0.954. The molecule has 1 atom stereocenters. The zero-order chi connectivity index (χ0) is 15.0. The molecule has 21 heavy (non-hydrogen) atoms. The van der Waals surface area contributed by atoms with Gasteiger partial charge < -0.3 is 9.72 Å². The second-order valence-corrected chi connectivity index (χ2v) is 5.81. The summed E-state index contributed by atoms with van der Waals surface area (Å²) in [5.41, 5.74) is 1.51. The van der Waals surface area contributed by atoms with Crippen molar-refractivity contribution in [2.75, 3.05) is 13.2 Å². The van der Waals surface area contributed by atoms with Crippen LogP contribution in [0.2, 0.25) is 0 Å². The third kappa shape index (κ3) is 2.76. The Morgan fingerprint density at radius 3 is 2.86 bits per heavy atom. The van der Waals surface area contributed by atoms with Gasteiger partial charge in [-0.25, -0.2) is 9.67 Å². The molecule has 1 saturated heterocycles.